The summed E-state index contributed by atoms with van der Waals surface area (Å²) in [4.78, 5) is 10.6. The van der Waals surface area contributed by atoms with Crippen LogP contribution in [0.3, 0.4) is 0 Å². The van der Waals surface area contributed by atoms with Crippen molar-refractivity contribution in [3.05, 3.63) is 22.5 Å². The van der Waals surface area contributed by atoms with E-state index in [1.165, 1.54) is 0 Å². The van der Waals surface area contributed by atoms with E-state index >= 15 is 0 Å². The number of ether oxygens (including phenoxy) is 1. The van der Waals surface area contributed by atoms with Crippen LogP contribution < -0.4 is 4.74 Å². The van der Waals surface area contributed by atoms with Gasteiger partial charge in [0.2, 0.25) is 5.82 Å². The number of benzene rings is 1. The highest BCUT2D eigenvalue weighted by Gasteiger charge is 2.21. The van der Waals surface area contributed by atoms with E-state index < -0.39 is 28.8 Å². The van der Waals surface area contributed by atoms with Gasteiger partial charge in [-0.15, -0.1) is 0 Å². The van der Waals surface area contributed by atoms with E-state index in [0.29, 0.717) is 0 Å². The van der Waals surface area contributed by atoms with Crippen molar-refractivity contribution in [3.63, 3.8) is 0 Å². The molecule has 1 aromatic rings. The van der Waals surface area contributed by atoms with Crippen LogP contribution in [-0.4, -0.2) is 23.3 Å². The lowest BCUT2D eigenvalue weighted by Gasteiger charge is -2.08. The smallest absolute Gasteiger partial charge is 0.339 e. The molecule has 0 bridgehead atoms. The maximum absolute atomic E-state index is 13.2. The van der Waals surface area contributed by atoms with E-state index in [0.717, 1.165) is 13.2 Å². The van der Waals surface area contributed by atoms with Gasteiger partial charge < -0.3 is 14.9 Å². The summed E-state index contributed by atoms with van der Waals surface area (Å²) >= 11 is 5.38. The molecule has 0 fully saturated rings. The molecule has 0 unspecified atom stereocenters. The molecule has 0 heterocycles. The Balaban J connectivity index is 3.51. The second-order valence-corrected chi connectivity index (χ2v) is 2.81. The zero-order valence-electron chi connectivity index (χ0n) is 7.04. The first-order chi connectivity index (χ1) is 6.49. The van der Waals surface area contributed by atoms with Crippen LogP contribution in [0.1, 0.15) is 10.4 Å². The summed E-state index contributed by atoms with van der Waals surface area (Å²) < 4.78 is 17.7. The summed E-state index contributed by atoms with van der Waals surface area (Å²) in [5, 5.41) is 17.3. The molecule has 2 N–H and O–H groups in total. The molecule has 0 spiro atoms. The summed E-state index contributed by atoms with van der Waals surface area (Å²) in [7, 11) is 1.10. The summed E-state index contributed by atoms with van der Waals surface area (Å²) in [6.07, 6.45) is 0. The van der Waals surface area contributed by atoms with Crippen LogP contribution >= 0.6 is 11.6 Å². The van der Waals surface area contributed by atoms with Gasteiger partial charge >= 0.3 is 5.97 Å². The van der Waals surface area contributed by atoms with Gasteiger partial charge in [0.25, 0.3) is 0 Å². The third kappa shape index (κ3) is 1.58. The fraction of sp³-hybridized carbons (Fsp3) is 0.125. The maximum atomic E-state index is 13.2. The Hall–Kier alpha value is -1.49. The van der Waals surface area contributed by atoms with Crippen molar-refractivity contribution in [1.29, 1.82) is 0 Å². The van der Waals surface area contributed by atoms with Gasteiger partial charge in [0.05, 0.1) is 12.1 Å². The van der Waals surface area contributed by atoms with Crippen LogP contribution in [0.15, 0.2) is 6.07 Å². The van der Waals surface area contributed by atoms with Crippen LogP contribution in [0.4, 0.5) is 4.39 Å². The van der Waals surface area contributed by atoms with E-state index in [9.17, 15) is 9.18 Å². The van der Waals surface area contributed by atoms with Gasteiger partial charge in [-0.25, -0.2) is 4.79 Å². The summed E-state index contributed by atoms with van der Waals surface area (Å²) in [5.74, 6) is -3.94. The lowest BCUT2D eigenvalue weighted by Crippen LogP contribution is -2.02. The predicted molar refractivity (Wildman–Crippen MR) is 46.6 cm³/mol. The molecule has 0 aliphatic heterocycles. The molecule has 0 aromatic heterocycles. The molecule has 4 nitrogen and oxygen atoms in total. The van der Waals surface area contributed by atoms with Crippen molar-refractivity contribution in [2.24, 2.45) is 0 Å². The van der Waals surface area contributed by atoms with Gasteiger partial charge in [0.1, 0.15) is 5.56 Å². The van der Waals surface area contributed by atoms with Crippen LogP contribution in [0, 0.1) is 5.82 Å². The fourth-order valence-electron chi connectivity index (χ4n) is 0.950. The topological polar surface area (TPSA) is 66.8 Å². The largest absolute Gasteiger partial charge is 0.504 e. The minimum Gasteiger partial charge on any atom is -0.504 e. The van der Waals surface area contributed by atoms with Crippen LogP contribution in [0.5, 0.6) is 11.5 Å². The Labute approximate surface area is 83.5 Å². The molecular weight excluding hydrogens is 215 g/mol. The summed E-state index contributed by atoms with van der Waals surface area (Å²) in [6, 6.07) is 0.918. The molecule has 14 heavy (non-hydrogen) atoms. The zero-order chi connectivity index (χ0) is 10.9. The molecule has 1 aromatic carbocycles. The SMILES string of the molecule is COc1c(C(=O)O)cc(Cl)c(O)c1F. The number of halogens is 2. The molecule has 0 saturated heterocycles. The second-order valence-electron chi connectivity index (χ2n) is 2.41. The molecule has 76 valence electrons. The molecule has 0 saturated carbocycles. The van der Waals surface area contributed by atoms with Crippen molar-refractivity contribution in [2.75, 3.05) is 7.11 Å². The van der Waals surface area contributed by atoms with E-state index in [1.807, 2.05) is 0 Å². The van der Waals surface area contributed by atoms with Crippen LogP contribution in [0.25, 0.3) is 0 Å². The molecule has 1 rings (SSSR count). The first kappa shape index (κ1) is 10.6. The number of phenolic OH excluding ortho intramolecular Hbond substituents is 1. The van der Waals surface area contributed by atoms with E-state index in [2.05, 4.69) is 4.74 Å². The van der Waals surface area contributed by atoms with Crippen molar-refractivity contribution >= 4 is 17.6 Å². The molecule has 0 aliphatic rings. The van der Waals surface area contributed by atoms with Gasteiger partial charge in [-0.3, -0.25) is 0 Å². The second kappa shape index (κ2) is 3.71. The van der Waals surface area contributed by atoms with Crippen LogP contribution in [0.2, 0.25) is 5.02 Å². The zero-order valence-corrected chi connectivity index (χ0v) is 7.80. The number of aromatic hydroxyl groups is 1. The third-order valence-corrected chi connectivity index (χ3v) is 1.87. The van der Waals surface area contributed by atoms with Crippen LogP contribution in [-0.2, 0) is 0 Å². The van der Waals surface area contributed by atoms with E-state index in [4.69, 9.17) is 21.8 Å². The molecule has 0 radical (unpaired) electrons. The standard InChI is InChI=1S/C8H6ClFO4/c1-14-7-3(8(12)13)2-4(9)6(11)5(7)10/h2,11H,1H3,(H,12,13). The molecule has 6 heteroatoms. The maximum Gasteiger partial charge on any atom is 0.339 e. The number of carbonyl (C=O) groups is 1. The normalized spacial score (nSPS) is 9.93. The van der Waals surface area contributed by atoms with Gasteiger partial charge in [0.15, 0.2) is 11.5 Å². The number of carboxylic acid groups (broad SMARTS) is 1. The number of aromatic carboxylic acids is 1. The Morgan fingerprint density at radius 3 is 2.64 bits per heavy atom. The van der Waals surface area contributed by atoms with Crippen molar-refractivity contribution < 1.29 is 24.1 Å². The summed E-state index contributed by atoms with van der Waals surface area (Å²) in [5.41, 5.74) is -0.437. The van der Waals surface area contributed by atoms with Crippen molar-refractivity contribution in [2.45, 2.75) is 0 Å². The number of hydrogen-bond acceptors (Lipinski definition) is 3. The lowest BCUT2D eigenvalue weighted by atomic mass is 10.2. The number of carboxylic acids is 1. The monoisotopic (exact) mass is 220 g/mol. The fourth-order valence-corrected chi connectivity index (χ4v) is 1.14. The molecule has 0 atom stereocenters. The van der Waals surface area contributed by atoms with Crippen molar-refractivity contribution in [1.82, 2.24) is 0 Å². The Morgan fingerprint density at radius 1 is 1.64 bits per heavy atom. The highest BCUT2D eigenvalue weighted by atomic mass is 35.5. The first-order valence-electron chi connectivity index (χ1n) is 3.47. The molecule has 0 aliphatic carbocycles. The predicted octanol–water partition coefficient (Wildman–Crippen LogP) is 1.89. The number of phenols is 1. The Morgan fingerprint density at radius 2 is 2.21 bits per heavy atom. The lowest BCUT2D eigenvalue weighted by molar-refractivity contribution is 0.0692. The number of hydrogen-bond donors (Lipinski definition) is 2. The molecule has 0 amide bonds. The average molecular weight is 221 g/mol. The minimum atomic E-state index is -1.39. The average Bonchev–Trinajstić information content (AvgIpc) is 2.13. The highest BCUT2D eigenvalue weighted by molar-refractivity contribution is 6.32. The van der Waals surface area contributed by atoms with E-state index in [-0.39, 0.29) is 5.02 Å². The number of methoxy groups -OCH3 is 1. The number of rotatable bonds is 2. The van der Waals surface area contributed by atoms with Gasteiger partial charge in [-0.1, -0.05) is 11.6 Å². The first-order valence-corrected chi connectivity index (χ1v) is 3.85. The molecular formula is C8H6ClFO4. The van der Waals surface area contributed by atoms with Gasteiger partial charge in [0, 0.05) is 0 Å². The van der Waals surface area contributed by atoms with Crippen molar-refractivity contribution in [3.8, 4) is 11.5 Å². The Kier molecular flexibility index (Phi) is 2.81. The van der Waals surface area contributed by atoms with Gasteiger partial charge in [-0.2, -0.15) is 4.39 Å². The minimum absolute atomic E-state index is 0.374. The van der Waals surface area contributed by atoms with E-state index in [1.54, 1.807) is 0 Å². The van der Waals surface area contributed by atoms with Gasteiger partial charge in [-0.05, 0) is 6.07 Å². The highest BCUT2D eigenvalue weighted by Crippen LogP contribution is 2.35. The Bertz CT molecular complexity index is 391. The quantitative estimate of drug-likeness (QED) is 0.799. The summed E-state index contributed by atoms with van der Waals surface area (Å²) in [6.45, 7) is 0. The third-order valence-electron chi connectivity index (χ3n) is 1.58.